The highest BCUT2D eigenvalue weighted by Crippen LogP contribution is 2.23. The minimum absolute atomic E-state index is 0.221. The number of thiophene rings is 1. The lowest BCUT2D eigenvalue weighted by Crippen LogP contribution is -2.10. The Kier molecular flexibility index (Phi) is 3.54. The van der Waals surface area contributed by atoms with Crippen LogP contribution in [-0.2, 0) is 0 Å². The van der Waals surface area contributed by atoms with Crippen molar-refractivity contribution in [2.45, 2.75) is 0 Å². The van der Waals surface area contributed by atoms with Crippen LogP contribution in [0.25, 0.3) is 0 Å². The molecule has 1 aromatic heterocycles. The van der Waals surface area contributed by atoms with Crippen LogP contribution in [0.2, 0.25) is 0 Å². The van der Waals surface area contributed by atoms with Crippen LogP contribution < -0.4 is 5.32 Å². The first-order valence-corrected chi connectivity index (χ1v) is 6.19. The lowest BCUT2D eigenvalue weighted by atomic mass is 10.3. The molecule has 2 nitrogen and oxygen atoms in total. The van der Waals surface area contributed by atoms with Gasteiger partial charge in [0.05, 0.1) is 8.66 Å². The fourth-order valence-corrected chi connectivity index (χ4v) is 2.48. The third kappa shape index (κ3) is 2.89. The Balaban J connectivity index is 2.15. The number of rotatable bonds is 2. The smallest absolute Gasteiger partial charge is 0.265 e. The van der Waals surface area contributed by atoms with Crippen LogP contribution in [0.4, 0.5) is 14.5 Å². The molecule has 0 aliphatic carbocycles. The second kappa shape index (κ2) is 4.93. The minimum Gasteiger partial charge on any atom is -0.321 e. The van der Waals surface area contributed by atoms with Gasteiger partial charge in [0, 0.05) is 11.8 Å². The van der Waals surface area contributed by atoms with E-state index in [1.165, 1.54) is 17.4 Å². The second-order valence-corrected chi connectivity index (χ2v) is 5.65. The molecule has 0 aliphatic heterocycles. The number of nitrogens with one attached hydrogen (secondary N) is 1. The van der Waals surface area contributed by atoms with Gasteiger partial charge in [0.2, 0.25) is 0 Å². The first-order chi connectivity index (χ1) is 8.06. The molecule has 0 saturated carbocycles. The van der Waals surface area contributed by atoms with E-state index in [1.54, 1.807) is 12.1 Å². The van der Waals surface area contributed by atoms with Crippen molar-refractivity contribution in [3.8, 4) is 0 Å². The number of amides is 1. The van der Waals surface area contributed by atoms with Gasteiger partial charge in [0.1, 0.15) is 0 Å². The molecule has 1 heterocycles. The van der Waals surface area contributed by atoms with E-state index >= 15 is 0 Å². The van der Waals surface area contributed by atoms with Crippen LogP contribution in [0.3, 0.4) is 0 Å². The maximum Gasteiger partial charge on any atom is 0.265 e. The Labute approximate surface area is 108 Å². The largest absolute Gasteiger partial charge is 0.321 e. The molecule has 0 saturated heterocycles. The molecule has 0 spiro atoms. The zero-order chi connectivity index (χ0) is 12.4. The third-order valence-electron chi connectivity index (χ3n) is 1.97. The van der Waals surface area contributed by atoms with Crippen LogP contribution in [0.5, 0.6) is 0 Å². The van der Waals surface area contributed by atoms with Gasteiger partial charge in [-0.1, -0.05) is 0 Å². The number of hydrogen-bond donors (Lipinski definition) is 1. The molecule has 0 radical (unpaired) electrons. The monoisotopic (exact) mass is 317 g/mol. The van der Waals surface area contributed by atoms with Crippen LogP contribution in [0.1, 0.15) is 9.67 Å². The van der Waals surface area contributed by atoms with E-state index in [4.69, 9.17) is 0 Å². The summed E-state index contributed by atoms with van der Waals surface area (Å²) in [7, 11) is 0. The molecule has 6 heteroatoms. The van der Waals surface area contributed by atoms with Crippen LogP contribution in [0, 0.1) is 11.6 Å². The summed E-state index contributed by atoms with van der Waals surface area (Å²) in [6, 6.07) is 6.60. The second-order valence-electron chi connectivity index (χ2n) is 3.19. The zero-order valence-electron chi connectivity index (χ0n) is 8.34. The molecule has 1 N–H and O–H groups in total. The summed E-state index contributed by atoms with van der Waals surface area (Å²) in [6.45, 7) is 0. The summed E-state index contributed by atoms with van der Waals surface area (Å²) in [6.07, 6.45) is 0. The number of benzene rings is 1. The van der Waals surface area contributed by atoms with E-state index in [1.807, 2.05) is 0 Å². The predicted molar refractivity (Wildman–Crippen MR) is 66.3 cm³/mol. The van der Waals surface area contributed by atoms with Crippen molar-refractivity contribution in [2.75, 3.05) is 5.32 Å². The van der Waals surface area contributed by atoms with Crippen molar-refractivity contribution < 1.29 is 13.6 Å². The van der Waals surface area contributed by atoms with Gasteiger partial charge in [-0.2, -0.15) is 0 Å². The molecular weight excluding hydrogens is 312 g/mol. The topological polar surface area (TPSA) is 29.1 Å². The number of halogens is 3. The van der Waals surface area contributed by atoms with E-state index in [0.29, 0.717) is 4.88 Å². The fraction of sp³-hybridized carbons (Fsp3) is 0. The van der Waals surface area contributed by atoms with Crippen molar-refractivity contribution in [1.29, 1.82) is 0 Å². The standard InChI is InChI=1S/C11H6BrF2NOS/c12-10-4-3-9(17-10)11(16)15-6-1-2-7(13)8(14)5-6/h1-5H,(H,15,16). The molecule has 17 heavy (non-hydrogen) atoms. The fourth-order valence-electron chi connectivity index (χ4n) is 1.20. The summed E-state index contributed by atoms with van der Waals surface area (Å²) >= 11 is 4.50. The Morgan fingerprint density at radius 3 is 2.53 bits per heavy atom. The van der Waals surface area contributed by atoms with Gasteiger partial charge in [-0.25, -0.2) is 8.78 Å². The molecule has 0 unspecified atom stereocenters. The van der Waals surface area contributed by atoms with Crippen LogP contribution in [-0.4, -0.2) is 5.91 Å². The average Bonchev–Trinajstić information content (AvgIpc) is 2.70. The van der Waals surface area contributed by atoms with Gasteiger partial charge < -0.3 is 5.32 Å². The molecule has 0 fully saturated rings. The van der Waals surface area contributed by atoms with Gasteiger partial charge in [-0.15, -0.1) is 11.3 Å². The Morgan fingerprint density at radius 1 is 1.18 bits per heavy atom. The molecule has 2 aromatic rings. The highest BCUT2D eigenvalue weighted by atomic mass is 79.9. The van der Waals surface area contributed by atoms with Gasteiger partial charge >= 0.3 is 0 Å². The van der Waals surface area contributed by atoms with Gasteiger partial charge in [-0.05, 0) is 40.2 Å². The van der Waals surface area contributed by atoms with E-state index in [0.717, 1.165) is 15.9 Å². The third-order valence-corrected chi connectivity index (χ3v) is 3.60. The molecular formula is C11H6BrF2NOS. The number of carbonyl (C=O) groups is 1. The maximum atomic E-state index is 12.9. The normalized spacial score (nSPS) is 10.3. The lowest BCUT2D eigenvalue weighted by Gasteiger charge is -2.03. The number of anilines is 1. The van der Waals surface area contributed by atoms with Crippen LogP contribution >= 0.6 is 27.3 Å². The molecule has 0 atom stereocenters. The first kappa shape index (κ1) is 12.2. The Hall–Kier alpha value is -1.27. The van der Waals surface area contributed by atoms with Crippen LogP contribution in [0.15, 0.2) is 34.1 Å². The van der Waals surface area contributed by atoms with Crippen molar-refractivity contribution in [3.05, 3.63) is 50.6 Å². The summed E-state index contributed by atoms with van der Waals surface area (Å²) in [4.78, 5) is 12.2. The van der Waals surface area contributed by atoms with Crippen molar-refractivity contribution in [1.82, 2.24) is 0 Å². The first-order valence-electron chi connectivity index (χ1n) is 4.58. The van der Waals surface area contributed by atoms with Crippen molar-refractivity contribution >= 4 is 38.9 Å². The molecule has 1 aromatic carbocycles. The quantitative estimate of drug-likeness (QED) is 0.889. The van der Waals surface area contributed by atoms with Crippen molar-refractivity contribution in [3.63, 3.8) is 0 Å². The SMILES string of the molecule is O=C(Nc1ccc(F)c(F)c1)c1ccc(Br)s1. The zero-order valence-corrected chi connectivity index (χ0v) is 10.7. The Bertz CT molecular complexity index is 570. The number of hydrogen-bond acceptors (Lipinski definition) is 2. The average molecular weight is 318 g/mol. The lowest BCUT2D eigenvalue weighted by molar-refractivity contribution is 0.103. The van der Waals surface area contributed by atoms with Gasteiger partial charge in [-0.3, -0.25) is 4.79 Å². The van der Waals surface area contributed by atoms with E-state index in [9.17, 15) is 13.6 Å². The molecule has 0 aliphatic rings. The predicted octanol–water partition coefficient (Wildman–Crippen LogP) is 4.04. The molecule has 1 amide bonds. The van der Waals surface area contributed by atoms with E-state index in [2.05, 4.69) is 21.2 Å². The van der Waals surface area contributed by atoms with Gasteiger partial charge in [0.15, 0.2) is 11.6 Å². The summed E-state index contributed by atoms with van der Waals surface area (Å²) in [5.74, 6) is -2.29. The van der Waals surface area contributed by atoms with Gasteiger partial charge in [0.25, 0.3) is 5.91 Å². The van der Waals surface area contributed by atoms with E-state index < -0.39 is 11.6 Å². The summed E-state index contributed by atoms with van der Waals surface area (Å²) in [5.41, 5.74) is 0.221. The Morgan fingerprint density at radius 2 is 1.94 bits per heavy atom. The van der Waals surface area contributed by atoms with E-state index in [-0.39, 0.29) is 11.6 Å². The van der Waals surface area contributed by atoms with Crippen molar-refractivity contribution in [2.24, 2.45) is 0 Å². The maximum absolute atomic E-state index is 12.9. The molecule has 88 valence electrons. The molecule has 2 rings (SSSR count). The number of carbonyl (C=O) groups excluding carboxylic acids is 1. The highest BCUT2D eigenvalue weighted by molar-refractivity contribution is 9.11. The summed E-state index contributed by atoms with van der Waals surface area (Å²) < 4.78 is 26.4. The molecule has 0 bridgehead atoms. The summed E-state index contributed by atoms with van der Waals surface area (Å²) in [5, 5.41) is 2.48. The highest BCUT2D eigenvalue weighted by Gasteiger charge is 2.10. The minimum atomic E-state index is -0.991.